The lowest BCUT2D eigenvalue weighted by Crippen LogP contribution is -2.13. The Hall–Kier alpha value is -1.33. The first kappa shape index (κ1) is 14.1. The summed E-state index contributed by atoms with van der Waals surface area (Å²) < 4.78 is 5.23. The highest BCUT2D eigenvalue weighted by Crippen LogP contribution is 2.18. The van der Waals surface area contributed by atoms with Gasteiger partial charge in [-0.15, -0.1) is 0 Å². The van der Waals surface area contributed by atoms with Gasteiger partial charge < -0.3 is 10.3 Å². The van der Waals surface area contributed by atoms with Crippen molar-refractivity contribution in [3.8, 4) is 0 Å². The van der Waals surface area contributed by atoms with Crippen LogP contribution in [0.1, 0.15) is 37.2 Å². The normalized spacial score (nSPS) is 12.8. The average molecular weight is 277 g/mol. The SMILES string of the molecule is CC(C)SCc1noc([C@H](N)Cc2ccccc2)n1. The maximum absolute atomic E-state index is 6.09. The molecule has 0 aliphatic rings. The van der Waals surface area contributed by atoms with E-state index in [1.54, 1.807) is 11.8 Å². The fraction of sp³-hybridized carbons (Fsp3) is 0.429. The lowest BCUT2D eigenvalue weighted by molar-refractivity contribution is 0.351. The molecule has 5 heteroatoms. The van der Waals surface area contributed by atoms with Crippen molar-refractivity contribution in [3.05, 3.63) is 47.6 Å². The van der Waals surface area contributed by atoms with Gasteiger partial charge in [-0.3, -0.25) is 0 Å². The van der Waals surface area contributed by atoms with Crippen LogP contribution in [0.4, 0.5) is 0 Å². The number of thioether (sulfide) groups is 1. The molecule has 1 aromatic carbocycles. The van der Waals surface area contributed by atoms with Gasteiger partial charge in [0.25, 0.3) is 0 Å². The van der Waals surface area contributed by atoms with Gasteiger partial charge in [-0.2, -0.15) is 16.7 Å². The summed E-state index contributed by atoms with van der Waals surface area (Å²) in [5.74, 6) is 2.00. The third-order valence-corrected chi connectivity index (χ3v) is 3.74. The van der Waals surface area contributed by atoms with Crippen molar-refractivity contribution in [3.63, 3.8) is 0 Å². The van der Waals surface area contributed by atoms with Crippen molar-refractivity contribution in [2.75, 3.05) is 0 Å². The van der Waals surface area contributed by atoms with Crippen molar-refractivity contribution in [2.24, 2.45) is 5.73 Å². The van der Waals surface area contributed by atoms with Crippen molar-refractivity contribution >= 4 is 11.8 Å². The molecule has 0 spiro atoms. The summed E-state index contributed by atoms with van der Waals surface area (Å²) in [6.07, 6.45) is 0.708. The van der Waals surface area contributed by atoms with E-state index in [2.05, 4.69) is 24.0 Å². The van der Waals surface area contributed by atoms with E-state index < -0.39 is 0 Å². The third kappa shape index (κ3) is 4.36. The summed E-state index contributed by atoms with van der Waals surface area (Å²) in [6, 6.07) is 9.84. The Morgan fingerprint density at radius 3 is 2.68 bits per heavy atom. The quantitative estimate of drug-likeness (QED) is 0.879. The topological polar surface area (TPSA) is 64.9 Å². The summed E-state index contributed by atoms with van der Waals surface area (Å²) in [6.45, 7) is 4.29. The van der Waals surface area contributed by atoms with E-state index in [1.807, 2.05) is 30.3 Å². The summed E-state index contributed by atoms with van der Waals surface area (Å²) >= 11 is 1.79. The fourth-order valence-corrected chi connectivity index (χ4v) is 2.27. The molecular formula is C14H19N3OS. The molecule has 0 radical (unpaired) electrons. The zero-order valence-electron chi connectivity index (χ0n) is 11.2. The number of nitrogens with two attached hydrogens (primary N) is 1. The molecule has 0 fully saturated rings. The van der Waals surface area contributed by atoms with Gasteiger partial charge in [0, 0.05) is 0 Å². The van der Waals surface area contributed by atoms with Crippen LogP contribution >= 0.6 is 11.8 Å². The molecule has 0 aliphatic carbocycles. The number of nitrogens with zero attached hydrogens (tertiary/aromatic N) is 2. The van der Waals surface area contributed by atoms with Crippen molar-refractivity contribution in [2.45, 2.75) is 37.3 Å². The van der Waals surface area contributed by atoms with Crippen LogP contribution in [-0.2, 0) is 12.2 Å². The largest absolute Gasteiger partial charge is 0.338 e. The predicted octanol–water partition coefficient (Wildman–Crippen LogP) is 2.95. The van der Waals surface area contributed by atoms with Crippen LogP contribution in [0.5, 0.6) is 0 Å². The molecule has 0 unspecified atom stereocenters. The Labute approximate surface area is 117 Å². The molecule has 2 rings (SSSR count). The van der Waals surface area contributed by atoms with Gasteiger partial charge in [0.1, 0.15) is 0 Å². The summed E-state index contributed by atoms with van der Waals surface area (Å²) in [4.78, 5) is 4.35. The molecule has 2 aromatic rings. The van der Waals surface area contributed by atoms with Gasteiger partial charge in [0.2, 0.25) is 5.89 Å². The molecule has 0 amide bonds. The van der Waals surface area contributed by atoms with E-state index >= 15 is 0 Å². The molecule has 4 nitrogen and oxygen atoms in total. The molecule has 0 saturated heterocycles. The van der Waals surface area contributed by atoms with Crippen molar-refractivity contribution < 1.29 is 4.52 Å². The maximum atomic E-state index is 6.09. The molecule has 2 N–H and O–H groups in total. The number of rotatable bonds is 6. The number of hydrogen-bond donors (Lipinski definition) is 1. The molecule has 102 valence electrons. The first-order valence-electron chi connectivity index (χ1n) is 6.38. The predicted molar refractivity (Wildman–Crippen MR) is 77.8 cm³/mol. The van der Waals surface area contributed by atoms with Gasteiger partial charge in [-0.25, -0.2) is 0 Å². The third-order valence-electron chi connectivity index (χ3n) is 2.65. The first-order valence-corrected chi connectivity index (χ1v) is 7.43. The van der Waals surface area contributed by atoms with E-state index in [-0.39, 0.29) is 6.04 Å². The van der Waals surface area contributed by atoms with E-state index in [1.165, 1.54) is 5.56 Å². The van der Waals surface area contributed by atoms with E-state index in [9.17, 15) is 0 Å². The minimum Gasteiger partial charge on any atom is -0.338 e. The zero-order valence-corrected chi connectivity index (χ0v) is 12.1. The van der Waals surface area contributed by atoms with E-state index in [0.717, 1.165) is 11.6 Å². The highest BCUT2D eigenvalue weighted by molar-refractivity contribution is 7.99. The van der Waals surface area contributed by atoms with Gasteiger partial charge in [0.15, 0.2) is 5.82 Å². The second-order valence-electron chi connectivity index (χ2n) is 4.70. The van der Waals surface area contributed by atoms with Gasteiger partial charge in [-0.1, -0.05) is 49.3 Å². The molecule has 0 saturated carbocycles. The Balaban J connectivity index is 1.94. The molecule has 1 atom stereocenters. The summed E-state index contributed by atoms with van der Waals surface area (Å²) in [7, 11) is 0. The Bertz CT molecular complexity index is 498. The van der Waals surface area contributed by atoms with Gasteiger partial charge in [-0.05, 0) is 17.2 Å². The van der Waals surface area contributed by atoms with E-state index in [4.69, 9.17) is 10.3 Å². The molecule has 0 aliphatic heterocycles. The van der Waals surface area contributed by atoms with Crippen LogP contribution < -0.4 is 5.73 Å². The second-order valence-corrected chi connectivity index (χ2v) is 6.27. The highest BCUT2D eigenvalue weighted by Gasteiger charge is 2.15. The molecule has 0 bridgehead atoms. The van der Waals surface area contributed by atoms with Crippen molar-refractivity contribution in [1.82, 2.24) is 10.1 Å². The standard InChI is InChI=1S/C14H19N3OS/c1-10(2)19-9-13-16-14(18-17-13)12(15)8-11-6-4-3-5-7-11/h3-7,10,12H,8-9,15H2,1-2H3/t12-/m1/s1. The van der Waals surface area contributed by atoms with Gasteiger partial charge in [0.05, 0.1) is 11.8 Å². The van der Waals surface area contributed by atoms with Crippen LogP contribution in [0, 0.1) is 0 Å². The minimum atomic E-state index is -0.243. The summed E-state index contributed by atoms with van der Waals surface area (Å²) in [5, 5.41) is 4.52. The van der Waals surface area contributed by atoms with Gasteiger partial charge >= 0.3 is 0 Å². The van der Waals surface area contributed by atoms with Crippen LogP contribution in [-0.4, -0.2) is 15.4 Å². The Kier molecular flexibility index (Phi) is 4.99. The lowest BCUT2D eigenvalue weighted by Gasteiger charge is -2.06. The smallest absolute Gasteiger partial charge is 0.243 e. The van der Waals surface area contributed by atoms with E-state index in [0.29, 0.717) is 17.6 Å². The zero-order chi connectivity index (χ0) is 13.7. The molecule has 1 heterocycles. The maximum Gasteiger partial charge on any atom is 0.243 e. The van der Waals surface area contributed by atoms with Crippen LogP contribution in [0.2, 0.25) is 0 Å². The average Bonchev–Trinajstić information content (AvgIpc) is 2.86. The Morgan fingerprint density at radius 2 is 2.00 bits per heavy atom. The number of hydrogen-bond acceptors (Lipinski definition) is 5. The molecule has 19 heavy (non-hydrogen) atoms. The molecule has 1 aromatic heterocycles. The summed E-state index contributed by atoms with van der Waals surface area (Å²) in [5.41, 5.74) is 7.27. The Morgan fingerprint density at radius 1 is 1.26 bits per heavy atom. The first-order chi connectivity index (χ1) is 9.15. The van der Waals surface area contributed by atoms with Crippen LogP contribution in [0.25, 0.3) is 0 Å². The lowest BCUT2D eigenvalue weighted by atomic mass is 10.1. The van der Waals surface area contributed by atoms with Crippen molar-refractivity contribution in [1.29, 1.82) is 0 Å². The highest BCUT2D eigenvalue weighted by atomic mass is 32.2. The van der Waals surface area contributed by atoms with Crippen LogP contribution in [0.15, 0.2) is 34.9 Å². The monoisotopic (exact) mass is 277 g/mol. The molecular weight excluding hydrogens is 258 g/mol. The number of benzene rings is 1. The minimum absolute atomic E-state index is 0.243. The number of aromatic nitrogens is 2. The van der Waals surface area contributed by atoms with Crippen LogP contribution in [0.3, 0.4) is 0 Å². The fourth-order valence-electron chi connectivity index (χ4n) is 1.67. The second kappa shape index (κ2) is 6.73.